The molecule has 0 aliphatic heterocycles. The fraction of sp³-hybridized carbons (Fsp3) is 0.231. The van der Waals surface area contributed by atoms with Gasteiger partial charge >= 0.3 is 0 Å². The second kappa shape index (κ2) is 5.30. The summed E-state index contributed by atoms with van der Waals surface area (Å²) >= 11 is 0. The number of benzene rings is 1. The lowest BCUT2D eigenvalue weighted by Crippen LogP contribution is -2.16. The first kappa shape index (κ1) is 11.4. The van der Waals surface area contributed by atoms with Crippen LogP contribution in [0.25, 0.3) is 0 Å². The van der Waals surface area contributed by atoms with Crippen LogP contribution in [0.15, 0.2) is 42.6 Å². The number of hydrogen-bond donors (Lipinski definition) is 1. The van der Waals surface area contributed by atoms with Crippen LogP contribution in [0.4, 0.5) is 5.69 Å². The maximum atomic E-state index is 11.7. The van der Waals surface area contributed by atoms with Gasteiger partial charge < -0.3 is 5.32 Å². The van der Waals surface area contributed by atoms with Crippen molar-refractivity contribution in [2.45, 2.75) is 6.42 Å². The van der Waals surface area contributed by atoms with Crippen molar-refractivity contribution in [3.8, 4) is 0 Å². The molecule has 0 fully saturated rings. The predicted octanol–water partition coefficient (Wildman–Crippen LogP) is 1.64. The van der Waals surface area contributed by atoms with Gasteiger partial charge in [-0.2, -0.15) is 5.10 Å². The zero-order chi connectivity index (χ0) is 12.1. The standard InChI is InChI=1S/C13H15N3O/c1-16-8-7-12(15-16)9-13(17)10-14-11-5-3-2-4-6-11/h2-8,14H,9-10H2,1H3. The summed E-state index contributed by atoms with van der Waals surface area (Å²) in [6.45, 7) is 0.334. The zero-order valence-corrected chi connectivity index (χ0v) is 9.76. The molecule has 1 N–H and O–H groups in total. The first-order valence-electron chi connectivity index (χ1n) is 5.53. The van der Waals surface area contributed by atoms with Gasteiger partial charge in [-0.3, -0.25) is 9.48 Å². The maximum Gasteiger partial charge on any atom is 0.157 e. The van der Waals surface area contributed by atoms with Crippen LogP contribution in [0.2, 0.25) is 0 Å². The molecule has 4 nitrogen and oxygen atoms in total. The molecule has 0 aliphatic carbocycles. The van der Waals surface area contributed by atoms with E-state index in [1.807, 2.05) is 49.6 Å². The fourth-order valence-corrected chi connectivity index (χ4v) is 1.58. The second-order valence-electron chi connectivity index (χ2n) is 3.92. The number of nitrogens with one attached hydrogen (secondary N) is 1. The minimum Gasteiger partial charge on any atom is -0.378 e. The van der Waals surface area contributed by atoms with Crippen LogP contribution in [0, 0.1) is 0 Å². The highest BCUT2D eigenvalue weighted by Gasteiger charge is 2.05. The van der Waals surface area contributed by atoms with Crippen molar-refractivity contribution < 1.29 is 4.79 Å². The third kappa shape index (κ3) is 3.45. The smallest absolute Gasteiger partial charge is 0.157 e. The van der Waals surface area contributed by atoms with Gasteiger partial charge in [-0.05, 0) is 18.2 Å². The van der Waals surface area contributed by atoms with Gasteiger partial charge in [0.2, 0.25) is 0 Å². The van der Waals surface area contributed by atoms with Crippen LogP contribution in [0.3, 0.4) is 0 Å². The number of hydrogen-bond acceptors (Lipinski definition) is 3. The average molecular weight is 229 g/mol. The van der Waals surface area contributed by atoms with E-state index in [0.717, 1.165) is 11.4 Å². The van der Waals surface area contributed by atoms with E-state index < -0.39 is 0 Å². The van der Waals surface area contributed by atoms with Crippen molar-refractivity contribution in [1.82, 2.24) is 9.78 Å². The number of rotatable bonds is 5. The molecule has 0 radical (unpaired) electrons. The van der Waals surface area contributed by atoms with Gasteiger partial charge in [-0.15, -0.1) is 0 Å². The molecule has 0 saturated heterocycles. The van der Waals surface area contributed by atoms with Gasteiger partial charge in [0, 0.05) is 18.9 Å². The van der Waals surface area contributed by atoms with Crippen LogP contribution in [-0.2, 0) is 18.3 Å². The Bertz CT molecular complexity index is 490. The number of carbonyl (C=O) groups is 1. The van der Waals surface area contributed by atoms with E-state index >= 15 is 0 Å². The lowest BCUT2D eigenvalue weighted by molar-refractivity contribution is -0.116. The van der Waals surface area contributed by atoms with Crippen LogP contribution < -0.4 is 5.32 Å². The predicted molar refractivity (Wildman–Crippen MR) is 66.9 cm³/mol. The summed E-state index contributed by atoms with van der Waals surface area (Å²) in [5.74, 6) is 0.132. The number of carbonyl (C=O) groups excluding carboxylic acids is 1. The molecule has 0 aliphatic rings. The normalized spacial score (nSPS) is 10.2. The number of anilines is 1. The van der Waals surface area contributed by atoms with Crippen molar-refractivity contribution in [1.29, 1.82) is 0 Å². The molecule has 1 aromatic carbocycles. The topological polar surface area (TPSA) is 46.9 Å². The summed E-state index contributed by atoms with van der Waals surface area (Å²) in [6, 6.07) is 11.6. The number of ketones is 1. The van der Waals surface area contributed by atoms with Crippen LogP contribution in [-0.4, -0.2) is 22.1 Å². The Morgan fingerprint density at radius 1 is 1.29 bits per heavy atom. The van der Waals surface area contributed by atoms with Gasteiger partial charge in [0.25, 0.3) is 0 Å². The lowest BCUT2D eigenvalue weighted by atomic mass is 10.2. The molecule has 0 spiro atoms. The molecular weight excluding hydrogens is 214 g/mol. The van der Waals surface area contributed by atoms with Gasteiger partial charge in [0.1, 0.15) is 0 Å². The van der Waals surface area contributed by atoms with Crippen LogP contribution in [0.5, 0.6) is 0 Å². The Morgan fingerprint density at radius 3 is 2.71 bits per heavy atom. The quantitative estimate of drug-likeness (QED) is 0.848. The third-order valence-corrected chi connectivity index (χ3v) is 2.41. The Labute approximate surface area is 100 Å². The number of para-hydroxylation sites is 1. The number of aryl methyl sites for hydroxylation is 1. The maximum absolute atomic E-state index is 11.7. The minimum atomic E-state index is 0.132. The average Bonchev–Trinajstić information content (AvgIpc) is 2.73. The zero-order valence-electron chi connectivity index (χ0n) is 9.76. The van der Waals surface area contributed by atoms with E-state index in [2.05, 4.69) is 10.4 Å². The molecule has 17 heavy (non-hydrogen) atoms. The first-order chi connectivity index (χ1) is 8.24. The van der Waals surface area contributed by atoms with Crippen molar-refractivity contribution in [2.24, 2.45) is 7.05 Å². The molecule has 0 unspecified atom stereocenters. The molecule has 1 aromatic heterocycles. The Hall–Kier alpha value is -2.10. The summed E-state index contributed by atoms with van der Waals surface area (Å²) in [7, 11) is 1.84. The molecular formula is C13H15N3O. The fourth-order valence-electron chi connectivity index (χ4n) is 1.58. The lowest BCUT2D eigenvalue weighted by Gasteiger charge is -2.04. The molecule has 2 rings (SSSR count). The van der Waals surface area contributed by atoms with E-state index in [4.69, 9.17) is 0 Å². The van der Waals surface area contributed by atoms with E-state index in [1.165, 1.54) is 0 Å². The summed E-state index contributed by atoms with van der Waals surface area (Å²) in [5.41, 5.74) is 1.77. The third-order valence-electron chi connectivity index (χ3n) is 2.41. The molecule has 4 heteroatoms. The molecule has 0 bridgehead atoms. The highest BCUT2D eigenvalue weighted by atomic mass is 16.1. The summed E-state index contributed by atoms with van der Waals surface area (Å²) in [5, 5.41) is 7.26. The Kier molecular flexibility index (Phi) is 3.55. The van der Waals surface area contributed by atoms with Crippen molar-refractivity contribution in [3.63, 3.8) is 0 Å². The largest absolute Gasteiger partial charge is 0.378 e. The van der Waals surface area contributed by atoms with Gasteiger partial charge in [-0.25, -0.2) is 0 Å². The van der Waals surface area contributed by atoms with E-state index in [1.54, 1.807) is 4.68 Å². The molecule has 2 aromatic rings. The van der Waals surface area contributed by atoms with Crippen LogP contribution in [0.1, 0.15) is 5.69 Å². The van der Waals surface area contributed by atoms with E-state index in [9.17, 15) is 4.79 Å². The summed E-state index contributed by atoms with van der Waals surface area (Å²) < 4.78 is 1.70. The number of Topliss-reactive ketones (excluding diaryl/α,β-unsaturated/α-hetero) is 1. The molecule has 0 atom stereocenters. The molecule has 1 heterocycles. The highest BCUT2D eigenvalue weighted by Crippen LogP contribution is 2.04. The Balaban J connectivity index is 1.82. The molecule has 88 valence electrons. The SMILES string of the molecule is Cn1ccc(CC(=O)CNc2ccccc2)n1. The summed E-state index contributed by atoms with van der Waals surface area (Å²) in [6.07, 6.45) is 2.22. The molecule has 0 amide bonds. The number of aromatic nitrogens is 2. The van der Waals surface area contributed by atoms with Gasteiger partial charge in [-0.1, -0.05) is 18.2 Å². The first-order valence-corrected chi connectivity index (χ1v) is 5.53. The molecule has 0 saturated carbocycles. The van der Waals surface area contributed by atoms with E-state index in [0.29, 0.717) is 13.0 Å². The Morgan fingerprint density at radius 2 is 2.06 bits per heavy atom. The van der Waals surface area contributed by atoms with Gasteiger partial charge in [0.15, 0.2) is 5.78 Å². The van der Waals surface area contributed by atoms with Crippen molar-refractivity contribution in [3.05, 3.63) is 48.3 Å². The van der Waals surface area contributed by atoms with Crippen LogP contribution >= 0.6 is 0 Å². The second-order valence-corrected chi connectivity index (χ2v) is 3.92. The minimum absolute atomic E-state index is 0.132. The highest BCUT2D eigenvalue weighted by molar-refractivity contribution is 5.84. The van der Waals surface area contributed by atoms with Crippen molar-refractivity contribution >= 4 is 11.5 Å². The summed E-state index contributed by atoms with van der Waals surface area (Å²) in [4.78, 5) is 11.7. The van der Waals surface area contributed by atoms with Crippen molar-refractivity contribution in [2.75, 3.05) is 11.9 Å². The van der Waals surface area contributed by atoms with Gasteiger partial charge in [0.05, 0.1) is 18.7 Å². The number of nitrogens with zero attached hydrogens (tertiary/aromatic N) is 2. The monoisotopic (exact) mass is 229 g/mol. The van der Waals surface area contributed by atoms with E-state index in [-0.39, 0.29) is 5.78 Å².